The van der Waals surface area contributed by atoms with Crippen molar-refractivity contribution in [2.45, 2.75) is 77.7 Å². The molecule has 9 heteroatoms. The molecule has 0 aliphatic heterocycles. The van der Waals surface area contributed by atoms with Gasteiger partial charge in [-0.2, -0.15) is 0 Å². The van der Waals surface area contributed by atoms with Crippen LogP contribution in [0.2, 0.25) is 0 Å². The van der Waals surface area contributed by atoms with Crippen molar-refractivity contribution in [1.29, 1.82) is 0 Å². The second-order valence-electron chi connectivity index (χ2n) is 5.85. The molecule has 0 bridgehead atoms. The minimum absolute atomic E-state index is 0.205. The molecule has 148 valence electrons. The highest BCUT2D eigenvalue weighted by Crippen LogP contribution is 2.35. The lowest BCUT2D eigenvalue weighted by molar-refractivity contribution is -0.161. The Kier molecular flexibility index (Phi) is 13.7. The van der Waals surface area contributed by atoms with Crippen LogP contribution in [0.5, 0.6) is 0 Å². The first-order chi connectivity index (χ1) is 11.8. The number of carbonyl (C=O) groups is 2. The van der Waals surface area contributed by atoms with Gasteiger partial charge in [0.15, 0.2) is 6.10 Å². The van der Waals surface area contributed by atoms with Crippen molar-refractivity contribution >= 4 is 19.8 Å². The van der Waals surface area contributed by atoms with Crippen LogP contribution in [0, 0.1) is 0 Å². The Morgan fingerprint density at radius 3 is 2.04 bits per heavy atom. The molecular formula is C16H31O8P. The van der Waals surface area contributed by atoms with E-state index in [9.17, 15) is 14.2 Å². The standard InChI is InChI=1S/C16H31O8P/c1-3-5-7-9-11-16(18)24-14(13-23-25(19,20)21)12-22-15(17)10-8-6-4-2/h14H,3-13H2,1-2H3,(H2,19,20,21). The van der Waals surface area contributed by atoms with Gasteiger partial charge in [-0.3, -0.25) is 14.1 Å². The molecule has 0 aliphatic rings. The fourth-order valence-electron chi connectivity index (χ4n) is 2.01. The SMILES string of the molecule is CCCCCCC(=O)OC(COC(=O)CCCCC)COP(=O)(O)O. The summed E-state index contributed by atoms with van der Waals surface area (Å²) in [5, 5.41) is 0. The number of ether oxygens (including phenoxy) is 2. The van der Waals surface area contributed by atoms with E-state index >= 15 is 0 Å². The fourth-order valence-corrected chi connectivity index (χ4v) is 2.38. The lowest BCUT2D eigenvalue weighted by atomic mass is 10.1. The number of carbonyl (C=O) groups excluding carboxylic acids is 2. The van der Waals surface area contributed by atoms with Gasteiger partial charge in [-0.1, -0.05) is 46.0 Å². The van der Waals surface area contributed by atoms with Gasteiger partial charge in [-0.25, -0.2) is 4.57 Å². The summed E-state index contributed by atoms with van der Waals surface area (Å²) in [6, 6.07) is 0. The fraction of sp³-hybridized carbons (Fsp3) is 0.875. The van der Waals surface area contributed by atoms with E-state index in [-0.39, 0.29) is 19.4 Å². The van der Waals surface area contributed by atoms with E-state index in [1.54, 1.807) is 0 Å². The zero-order valence-electron chi connectivity index (χ0n) is 15.1. The first kappa shape index (κ1) is 24.1. The topological polar surface area (TPSA) is 119 Å². The summed E-state index contributed by atoms with van der Waals surface area (Å²) in [4.78, 5) is 40.9. The zero-order chi connectivity index (χ0) is 19.1. The van der Waals surface area contributed by atoms with E-state index in [0.29, 0.717) is 12.8 Å². The summed E-state index contributed by atoms with van der Waals surface area (Å²) in [5.74, 6) is -0.939. The molecule has 0 aromatic heterocycles. The molecule has 25 heavy (non-hydrogen) atoms. The first-order valence-electron chi connectivity index (χ1n) is 8.83. The van der Waals surface area contributed by atoms with Gasteiger partial charge in [0.1, 0.15) is 6.61 Å². The molecule has 0 saturated carbocycles. The Labute approximate surface area is 149 Å². The van der Waals surface area contributed by atoms with Crippen molar-refractivity contribution in [3.8, 4) is 0 Å². The van der Waals surface area contributed by atoms with E-state index in [2.05, 4.69) is 11.4 Å². The van der Waals surface area contributed by atoms with Crippen LogP contribution in [0.15, 0.2) is 0 Å². The monoisotopic (exact) mass is 382 g/mol. The van der Waals surface area contributed by atoms with Gasteiger partial charge in [0.05, 0.1) is 6.61 Å². The first-order valence-corrected chi connectivity index (χ1v) is 10.4. The van der Waals surface area contributed by atoms with Crippen molar-refractivity contribution in [3.63, 3.8) is 0 Å². The lowest BCUT2D eigenvalue weighted by Gasteiger charge is -2.18. The third-order valence-corrected chi connectivity index (χ3v) is 3.86. The van der Waals surface area contributed by atoms with Gasteiger partial charge in [-0.15, -0.1) is 0 Å². The molecule has 2 N–H and O–H groups in total. The van der Waals surface area contributed by atoms with E-state index in [4.69, 9.17) is 19.3 Å². The minimum atomic E-state index is -4.69. The molecule has 1 atom stereocenters. The summed E-state index contributed by atoms with van der Waals surface area (Å²) in [5.41, 5.74) is 0. The molecule has 0 saturated heterocycles. The maximum Gasteiger partial charge on any atom is 0.469 e. The van der Waals surface area contributed by atoms with Gasteiger partial charge >= 0.3 is 19.8 Å². The molecule has 0 aromatic carbocycles. The van der Waals surface area contributed by atoms with Crippen LogP contribution in [-0.4, -0.2) is 41.0 Å². The smallest absolute Gasteiger partial charge is 0.462 e. The van der Waals surface area contributed by atoms with Crippen molar-refractivity contribution in [2.24, 2.45) is 0 Å². The number of unbranched alkanes of at least 4 members (excludes halogenated alkanes) is 5. The van der Waals surface area contributed by atoms with Crippen molar-refractivity contribution in [2.75, 3.05) is 13.2 Å². The number of hydrogen-bond donors (Lipinski definition) is 2. The summed E-state index contributed by atoms with van der Waals surface area (Å²) in [6.07, 6.45) is 5.65. The summed E-state index contributed by atoms with van der Waals surface area (Å²) in [7, 11) is -4.69. The van der Waals surface area contributed by atoms with Crippen LogP contribution in [0.4, 0.5) is 0 Å². The van der Waals surface area contributed by atoms with Gasteiger partial charge in [0, 0.05) is 12.8 Å². The Hall–Kier alpha value is -0.950. The third kappa shape index (κ3) is 16.3. The predicted octanol–water partition coefficient (Wildman–Crippen LogP) is 3.10. The van der Waals surface area contributed by atoms with Crippen molar-refractivity contribution < 1.29 is 37.9 Å². The Morgan fingerprint density at radius 2 is 1.44 bits per heavy atom. The molecule has 0 rings (SSSR count). The average Bonchev–Trinajstić information content (AvgIpc) is 2.53. The molecule has 0 fully saturated rings. The van der Waals surface area contributed by atoms with Gasteiger partial charge in [0.25, 0.3) is 0 Å². The van der Waals surface area contributed by atoms with Gasteiger partial charge < -0.3 is 19.3 Å². The molecule has 0 aliphatic carbocycles. The van der Waals surface area contributed by atoms with Crippen LogP contribution in [0.3, 0.4) is 0 Å². The average molecular weight is 382 g/mol. The van der Waals surface area contributed by atoms with E-state index in [1.807, 2.05) is 6.92 Å². The predicted molar refractivity (Wildman–Crippen MR) is 91.7 cm³/mol. The second-order valence-corrected chi connectivity index (χ2v) is 7.09. The van der Waals surface area contributed by atoms with Gasteiger partial charge in [0.2, 0.25) is 0 Å². The number of hydrogen-bond acceptors (Lipinski definition) is 6. The van der Waals surface area contributed by atoms with Crippen LogP contribution >= 0.6 is 7.82 Å². The van der Waals surface area contributed by atoms with E-state index in [0.717, 1.165) is 32.1 Å². The van der Waals surface area contributed by atoms with E-state index < -0.39 is 32.5 Å². The Morgan fingerprint density at radius 1 is 0.880 bits per heavy atom. The molecule has 0 amide bonds. The van der Waals surface area contributed by atoms with Crippen LogP contribution in [-0.2, 0) is 28.2 Å². The molecule has 0 aromatic rings. The quantitative estimate of drug-likeness (QED) is 0.252. The maximum atomic E-state index is 11.8. The summed E-state index contributed by atoms with van der Waals surface area (Å²) >= 11 is 0. The molecule has 0 spiro atoms. The largest absolute Gasteiger partial charge is 0.469 e. The maximum absolute atomic E-state index is 11.8. The summed E-state index contributed by atoms with van der Waals surface area (Å²) < 4.78 is 25.3. The highest BCUT2D eigenvalue weighted by molar-refractivity contribution is 7.46. The van der Waals surface area contributed by atoms with Gasteiger partial charge in [-0.05, 0) is 12.8 Å². The second kappa shape index (κ2) is 14.2. The number of rotatable bonds is 15. The molecular weight excluding hydrogens is 351 g/mol. The third-order valence-electron chi connectivity index (χ3n) is 3.38. The highest BCUT2D eigenvalue weighted by Gasteiger charge is 2.22. The number of phosphoric acid groups is 1. The number of phosphoric ester groups is 1. The van der Waals surface area contributed by atoms with Crippen LogP contribution < -0.4 is 0 Å². The normalized spacial score (nSPS) is 12.6. The molecule has 0 heterocycles. The minimum Gasteiger partial charge on any atom is -0.462 e. The molecule has 0 radical (unpaired) electrons. The lowest BCUT2D eigenvalue weighted by Crippen LogP contribution is -2.29. The van der Waals surface area contributed by atoms with Crippen LogP contribution in [0.1, 0.15) is 71.6 Å². The molecule has 8 nitrogen and oxygen atoms in total. The van der Waals surface area contributed by atoms with E-state index in [1.165, 1.54) is 0 Å². The van der Waals surface area contributed by atoms with Crippen molar-refractivity contribution in [1.82, 2.24) is 0 Å². The zero-order valence-corrected chi connectivity index (χ0v) is 16.0. The Balaban J connectivity index is 4.32. The summed E-state index contributed by atoms with van der Waals surface area (Å²) in [6.45, 7) is 3.25. The highest BCUT2D eigenvalue weighted by atomic mass is 31.2. The van der Waals surface area contributed by atoms with Crippen molar-refractivity contribution in [3.05, 3.63) is 0 Å². The van der Waals surface area contributed by atoms with Crippen LogP contribution in [0.25, 0.3) is 0 Å². The molecule has 1 unspecified atom stereocenters. The number of esters is 2. The Bertz CT molecular complexity index is 420.